The largest absolute Gasteiger partial charge is 0.352 e. The molecule has 1 aromatic carbocycles. The van der Waals surface area contributed by atoms with Gasteiger partial charge in [-0.1, -0.05) is 17.7 Å². The lowest BCUT2D eigenvalue weighted by atomic mass is 10.1. The predicted molar refractivity (Wildman–Crippen MR) is 91.4 cm³/mol. The Morgan fingerprint density at radius 1 is 1.26 bits per heavy atom. The first-order valence-electron chi connectivity index (χ1n) is 8.29. The maximum absolute atomic E-state index is 12.1. The predicted octanol–water partition coefficient (Wildman–Crippen LogP) is 1.67. The van der Waals surface area contributed by atoms with E-state index in [0.717, 1.165) is 37.9 Å². The van der Waals surface area contributed by atoms with Crippen LogP contribution >= 0.6 is 0 Å². The highest BCUT2D eigenvalue weighted by molar-refractivity contribution is 5.94. The molecule has 1 aromatic rings. The first-order valence-corrected chi connectivity index (χ1v) is 8.29. The van der Waals surface area contributed by atoms with Crippen LogP contribution in [0.4, 0.5) is 0 Å². The van der Waals surface area contributed by atoms with Crippen LogP contribution in [0.15, 0.2) is 24.3 Å². The summed E-state index contributed by atoms with van der Waals surface area (Å²) in [4.78, 5) is 28.1. The van der Waals surface area contributed by atoms with Crippen molar-refractivity contribution in [1.82, 2.24) is 15.1 Å². The Balaban J connectivity index is 1.73. The summed E-state index contributed by atoms with van der Waals surface area (Å²) in [6.07, 6.45) is 2.86. The monoisotopic (exact) mass is 317 g/mol. The fraction of sp³-hybridized carbons (Fsp3) is 0.556. The van der Waals surface area contributed by atoms with Crippen LogP contribution in [0, 0.1) is 6.92 Å². The number of amides is 2. The van der Waals surface area contributed by atoms with Crippen LogP contribution in [0.5, 0.6) is 0 Å². The molecule has 0 spiro atoms. The highest BCUT2D eigenvalue weighted by atomic mass is 16.2. The van der Waals surface area contributed by atoms with E-state index in [1.165, 1.54) is 0 Å². The molecule has 0 bridgehead atoms. The van der Waals surface area contributed by atoms with Crippen molar-refractivity contribution in [2.24, 2.45) is 0 Å². The molecule has 1 saturated heterocycles. The first kappa shape index (κ1) is 17.5. The van der Waals surface area contributed by atoms with Crippen LogP contribution < -0.4 is 5.32 Å². The van der Waals surface area contributed by atoms with Crippen molar-refractivity contribution < 1.29 is 9.59 Å². The number of hydrogen-bond acceptors (Lipinski definition) is 3. The fourth-order valence-electron chi connectivity index (χ4n) is 2.96. The van der Waals surface area contributed by atoms with Gasteiger partial charge in [-0.15, -0.1) is 0 Å². The van der Waals surface area contributed by atoms with Gasteiger partial charge in [-0.25, -0.2) is 0 Å². The number of nitrogens with zero attached hydrogens (tertiary/aromatic N) is 2. The van der Waals surface area contributed by atoms with Gasteiger partial charge in [-0.3, -0.25) is 14.5 Å². The molecule has 5 nitrogen and oxygen atoms in total. The summed E-state index contributed by atoms with van der Waals surface area (Å²) in [6.45, 7) is 4.45. The molecule has 0 radical (unpaired) electrons. The number of nitrogens with one attached hydrogen (secondary N) is 1. The Morgan fingerprint density at radius 3 is 2.61 bits per heavy atom. The standard InChI is InChI=1S/C18H27N3O2/c1-14-7-9-15(10-8-14)17(22)19-11-5-13-21-12-4-6-16(21)18(23)20(2)3/h7-10,16H,4-6,11-13H2,1-3H3,(H,19,22)/t16-/m1/s1. The molecule has 2 rings (SSSR count). The van der Waals surface area contributed by atoms with Gasteiger partial charge in [0.2, 0.25) is 5.91 Å². The second-order valence-electron chi connectivity index (χ2n) is 6.40. The molecule has 1 aliphatic heterocycles. The second-order valence-corrected chi connectivity index (χ2v) is 6.40. The molecule has 1 N–H and O–H groups in total. The van der Waals surface area contributed by atoms with Crippen LogP contribution in [0.3, 0.4) is 0 Å². The van der Waals surface area contributed by atoms with Gasteiger partial charge in [0.05, 0.1) is 6.04 Å². The SMILES string of the molecule is Cc1ccc(C(=O)NCCCN2CCC[C@@H]2C(=O)N(C)C)cc1. The molecule has 1 fully saturated rings. The second kappa shape index (κ2) is 8.11. The third-order valence-corrected chi connectivity index (χ3v) is 4.31. The number of aryl methyl sites for hydroxylation is 1. The summed E-state index contributed by atoms with van der Waals surface area (Å²) in [7, 11) is 3.61. The van der Waals surface area contributed by atoms with Crippen molar-refractivity contribution in [3.63, 3.8) is 0 Å². The molecule has 1 aliphatic rings. The van der Waals surface area contributed by atoms with E-state index < -0.39 is 0 Å². The zero-order chi connectivity index (χ0) is 16.8. The zero-order valence-corrected chi connectivity index (χ0v) is 14.3. The highest BCUT2D eigenvalue weighted by Crippen LogP contribution is 2.18. The number of hydrogen-bond donors (Lipinski definition) is 1. The molecule has 126 valence electrons. The molecule has 1 atom stereocenters. The summed E-state index contributed by atoms with van der Waals surface area (Å²) in [6, 6.07) is 7.58. The Bertz CT molecular complexity index is 540. The van der Waals surface area contributed by atoms with Gasteiger partial charge in [-0.2, -0.15) is 0 Å². The summed E-state index contributed by atoms with van der Waals surface area (Å²) < 4.78 is 0. The molecular formula is C18H27N3O2. The van der Waals surface area contributed by atoms with E-state index in [1.54, 1.807) is 19.0 Å². The normalized spacial score (nSPS) is 18.0. The van der Waals surface area contributed by atoms with E-state index in [0.29, 0.717) is 12.1 Å². The topological polar surface area (TPSA) is 52.7 Å². The van der Waals surface area contributed by atoms with E-state index in [2.05, 4.69) is 10.2 Å². The molecule has 23 heavy (non-hydrogen) atoms. The smallest absolute Gasteiger partial charge is 0.251 e. The Kier molecular flexibility index (Phi) is 6.16. The molecule has 0 unspecified atom stereocenters. The average molecular weight is 317 g/mol. The summed E-state index contributed by atoms with van der Waals surface area (Å²) in [5.74, 6) is 0.151. The maximum Gasteiger partial charge on any atom is 0.251 e. The lowest BCUT2D eigenvalue weighted by Crippen LogP contribution is -2.43. The van der Waals surface area contributed by atoms with E-state index >= 15 is 0 Å². The number of benzene rings is 1. The van der Waals surface area contributed by atoms with Gasteiger partial charge < -0.3 is 10.2 Å². The van der Waals surface area contributed by atoms with Crippen LogP contribution in [0.1, 0.15) is 35.2 Å². The number of rotatable bonds is 6. The number of likely N-dealkylation sites (tertiary alicyclic amines) is 1. The average Bonchev–Trinajstić information content (AvgIpc) is 2.99. The minimum Gasteiger partial charge on any atom is -0.352 e. The van der Waals surface area contributed by atoms with Crippen LogP contribution in [-0.4, -0.2) is 61.4 Å². The van der Waals surface area contributed by atoms with E-state index in [4.69, 9.17) is 0 Å². The Labute approximate surface area is 138 Å². The molecule has 0 aromatic heterocycles. The molecule has 0 saturated carbocycles. The van der Waals surface area contributed by atoms with Crippen molar-refractivity contribution in [2.75, 3.05) is 33.7 Å². The van der Waals surface area contributed by atoms with Gasteiger partial charge in [0.1, 0.15) is 0 Å². The summed E-state index contributed by atoms with van der Waals surface area (Å²) in [5, 5.41) is 2.95. The lowest BCUT2D eigenvalue weighted by Gasteiger charge is -2.26. The van der Waals surface area contributed by atoms with Crippen LogP contribution in [0.2, 0.25) is 0 Å². The van der Waals surface area contributed by atoms with Gasteiger partial charge in [0, 0.05) is 32.7 Å². The lowest BCUT2D eigenvalue weighted by molar-refractivity contribution is -0.133. The van der Waals surface area contributed by atoms with E-state index in [9.17, 15) is 9.59 Å². The maximum atomic E-state index is 12.1. The third-order valence-electron chi connectivity index (χ3n) is 4.31. The van der Waals surface area contributed by atoms with Gasteiger partial charge in [-0.05, 0) is 44.9 Å². The first-order chi connectivity index (χ1) is 11.0. The highest BCUT2D eigenvalue weighted by Gasteiger charge is 2.30. The minimum absolute atomic E-state index is 0.0119. The van der Waals surface area contributed by atoms with Crippen molar-refractivity contribution in [1.29, 1.82) is 0 Å². The van der Waals surface area contributed by atoms with Crippen molar-refractivity contribution >= 4 is 11.8 Å². The number of carbonyl (C=O) groups is 2. The molecule has 5 heteroatoms. The van der Waals surface area contributed by atoms with Gasteiger partial charge in [0.15, 0.2) is 0 Å². The van der Waals surface area contributed by atoms with Crippen LogP contribution in [0.25, 0.3) is 0 Å². The number of carbonyl (C=O) groups excluding carboxylic acids is 2. The fourth-order valence-corrected chi connectivity index (χ4v) is 2.96. The molecule has 2 amide bonds. The Morgan fingerprint density at radius 2 is 1.96 bits per heavy atom. The van der Waals surface area contributed by atoms with Gasteiger partial charge in [0.25, 0.3) is 5.91 Å². The van der Waals surface area contributed by atoms with Crippen molar-refractivity contribution in [3.05, 3.63) is 35.4 Å². The summed E-state index contributed by atoms with van der Waals surface area (Å²) in [5.41, 5.74) is 1.84. The Hall–Kier alpha value is -1.88. The quantitative estimate of drug-likeness (QED) is 0.812. The number of likely N-dealkylation sites (N-methyl/N-ethyl adjacent to an activating group) is 1. The zero-order valence-electron chi connectivity index (χ0n) is 14.3. The van der Waals surface area contributed by atoms with Crippen LogP contribution in [-0.2, 0) is 4.79 Å². The van der Waals surface area contributed by atoms with E-state index in [1.807, 2.05) is 31.2 Å². The third kappa shape index (κ3) is 4.79. The molecule has 0 aliphatic carbocycles. The molecule has 1 heterocycles. The summed E-state index contributed by atoms with van der Waals surface area (Å²) >= 11 is 0. The van der Waals surface area contributed by atoms with Crippen molar-refractivity contribution in [2.45, 2.75) is 32.2 Å². The minimum atomic E-state index is -0.0349. The van der Waals surface area contributed by atoms with E-state index in [-0.39, 0.29) is 17.9 Å². The van der Waals surface area contributed by atoms with Gasteiger partial charge >= 0.3 is 0 Å². The molecular weight excluding hydrogens is 290 g/mol. The van der Waals surface area contributed by atoms with Crippen molar-refractivity contribution in [3.8, 4) is 0 Å².